The van der Waals surface area contributed by atoms with E-state index < -0.39 is 15.6 Å². The van der Waals surface area contributed by atoms with Crippen LogP contribution >= 0.6 is 0 Å². The van der Waals surface area contributed by atoms with E-state index in [0.717, 1.165) is 47.8 Å². The number of nitrogens with zero attached hydrogens (tertiary/aromatic N) is 4. The third kappa shape index (κ3) is 10.1. The van der Waals surface area contributed by atoms with Crippen LogP contribution in [0.15, 0.2) is 62.4 Å². The molecule has 0 radical (unpaired) electrons. The molecular formula is C27H41N7O4S. The van der Waals surface area contributed by atoms with Crippen LogP contribution in [0.25, 0.3) is 0 Å². The number of amides is 1. The Labute approximate surface area is 232 Å². The summed E-state index contributed by atoms with van der Waals surface area (Å²) in [7, 11) is -1.61. The summed E-state index contributed by atoms with van der Waals surface area (Å²) in [5.41, 5.74) is 7.23. The average Bonchev–Trinajstić information content (AvgIpc) is 2.92. The Balaban J connectivity index is 1.60. The zero-order valence-corrected chi connectivity index (χ0v) is 24.2. The van der Waals surface area contributed by atoms with E-state index >= 15 is 0 Å². The van der Waals surface area contributed by atoms with E-state index in [4.69, 9.17) is 4.74 Å². The van der Waals surface area contributed by atoms with Gasteiger partial charge in [0.1, 0.15) is 11.6 Å². The lowest BCUT2D eigenvalue weighted by atomic mass is 10.1. The van der Waals surface area contributed by atoms with Gasteiger partial charge in [-0.1, -0.05) is 6.08 Å². The Morgan fingerprint density at radius 3 is 2.64 bits per heavy atom. The molecule has 0 bridgehead atoms. The molecule has 3 aliphatic rings. The molecule has 11 nitrogen and oxygen atoms in total. The Kier molecular flexibility index (Phi) is 11.5. The summed E-state index contributed by atoms with van der Waals surface area (Å²) in [6.07, 6.45) is 11.2. The first-order valence-electron chi connectivity index (χ1n) is 13.2. The summed E-state index contributed by atoms with van der Waals surface area (Å²) < 4.78 is 28.6. The molecule has 0 spiro atoms. The van der Waals surface area contributed by atoms with Crippen molar-refractivity contribution in [1.29, 1.82) is 0 Å². The van der Waals surface area contributed by atoms with Crippen molar-refractivity contribution >= 4 is 28.2 Å². The zero-order chi connectivity index (χ0) is 28.3. The molecule has 12 heteroatoms. The van der Waals surface area contributed by atoms with Gasteiger partial charge in [-0.15, -0.1) is 5.73 Å². The van der Waals surface area contributed by atoms with Gasteiger partial charge < -0.3 is 30.5 Å². The maximum atomic E-state index is 12.2. The molecule has 0 aromatic heterocycles. The Morgan fingerprint density at radius 1 is 1.23 bits per heavy atom. The van der Waals surface area contributed by atoms with Crippen LogP contribution in [-0.4, -0.2) is 114 Å². The predicted molar refractivity (Wildman–Crippen MR) is 155 cm³/mol. The van der Waals surface area contributed by atoms with E-state index in [9.17, 15) is 13.2 Å². The highest BCUT2D eigenvalue weighted by molar-refractivity contribution is 7.91. The Morgan fingerprint density at radius 2 is 1.97 bits per heavy atom. The predicted octanol–water partition coefficient (Wildman–Crippen LogP) is 0.576. The van der Waals surface area contributed by atoms with Gasteiger partial charge >= 0.3 is 0 Å². The highest BCUT2D eigenvalue weighted by Crippen LogP contribution is 2.20. The van der Waals surface area contributed by atoms with Gasteiger partial charge in [0, 0.05) is 94.9 Å². The van der Waals surface area contributed by atoms with Crippen molar-refractivity contribution in [3.05, 3.63) is 52.4 Å². The number of ether oxygens (including phenoxy) is 1. The molecule has 0 aliphatic carbocycles. The van der Waals surface area contributed by atoms with Gasteiger partial charge in [-0.25, -0.2) is 8.42 Å². The standard InChI is InChI=1S/C27H41N7O4S/c1-21(6-5-7-22(2)33-13-15-34(16-14-33)26(35)20-39(4,36)37)24-8-9-25(30-11-10-28-3)27(32-24)31-19-23-18-29-12-17-38-23/h5,7-8,10-11,23,29,31-32H,9,12-20H2,1-4H3/b22-7+,28-10?,30-11?/t6?,23-/m0/s1. The van der Waals surface area contributed by atoms with Gasteiger partial charge in [-0.05, 0) is 26.0 Å². The minimum atomic E-state index is -3.32. The van der Waals surface area contributed by atoms with Gasteiger partial charge in [-0.2, -0.15) is 0 Å². The second kappa shape index (κ2) is 14.8. The van der Waals surface area contributed by atoms with E-state index in [1.54, 1.807) is 24.4 Å². The molecule has 3 heterocycles. The number of hydrogen-bond acceptors (Lipinski definition) is 10. The molecule has 3 rings (SSSR count). The largest absolute Gasteiger partial charge is 0.374 e. The number of piperazine rings is 1. The normalized spacial score (nSPS) is 21.1. The topological polar surface area (TPSA) is 128 Å². The van der Waals surface area contributed by atoms with Crippen molar-refractivity contribution in [2.45, 2.75) is 26.4 Å². The molecule has 1 amide bonds. The van der Waals surface area contributed by atoms with Gasteiger partial charge in [0.25, 0.3) is 0 Å². The molecule has 1 atom stereocenters. The van der Waals surface area contributed by atoms with Crippen molar-refractivity contribution < 1.29 is 17.9 Å². The molecule has 0 aromatic carbocycles. The molecule has 0 unspecified atom stereocenters. The molecule has 39 heavy (non-hydrogen) atoms. The molecule has 0 saturated carbocycles. The molecule has 2 fully saturated rings. The number of hydrogen-bond donors (Lipinski definition) is 3. The Hall–Kier alpha value is -3.18. The lowest BCUT2D eigenvalue weighted by Gasteiger charge is -2.36. The molecular weight excluding hydrogens is 518 g/mol. The fourth-order valence-corrected chi connectivity index (χ4v) is 4.95. The van der Waals surface area contributed by atoms with Crippen molar-refractivity contribution in [3.63, 3.8) is 0 Å². The number of aliphatic imine (C=N–C) groups is 2. The lowest BCUT2D eigenvalue weighted by molar-refractivity contribution is -0.129. The molecule has 0 aromatic rings. The van der Waals surface area contributed by atoms with Crippen LogP contribution in [-0.2, 0) is 19.4 Å². The fraction of sp³-hybridized carbons (Fsp3) is 0.556. The SMILES string of the molecule is CN=CC=NC1=C(NC[C@@H]2CNCCO2)NC(C(C)=C=C/C=C(\C)N2CCN(C(=O)CS(C)(=O)=O)CC2)=CC1. The second-order valence-electron chi connectivity index (χ2n) is 9.71. The third-order valence-electron chi connectivity index (χ3n) is 6.55. The number of carbonyl (C=O) groups excluding carboxylic acids is 1. The summed E-state index contributed by atoms with van der Waals surface area (Å²) in [5.74, 6) is 0.0828. The van der Waals surface area contributed by atoms with Crippen LogP contribution in [0.4, 0.5) is 0 Å². The van der Waals surface area contributed by atoms with E-state index in [2.05, 4.69) is 42.6 Å². The van der Waals surface area contributed by atoms with Crippen molar-refractivity contribution in [3.8, 4) is 0 Å². The van der Waals surface area contributed by atoms with Crippen LogP contribution in [0.3, 0.4) is 0 Å². The first-order chi connectivity index (χ1) is 18.7. The first-order valence-corrected chi connectivity index (χ1v) is 15.2. The van der Waals surface area contributed by atoms with Gasteiger partial charge in [0.05, 0.1) is 18.4 Å². The summed E-state index contributed by atoms with van der Waals surface area (Å²) in [6, 6.07) is 0. The highest BCUT2D eigenvalue weighted by atomic mass is 32.2. The minimum absolute atomic E-state index is 0.0918. The number of rotatable bonds is 10. The second-order valence-corrected chi connectivity index (χ2v) is 11.9. The monoisotopic (exact) mass is 559 g/mol. The molecule has 3 aliphatic heterocycles. The molecule has 2 saturated heterocycles. The summed E-state index contributed by atoms with van der Waals surface area (Å²) in [6.45, 7) is 9.42. The van der Waals surface area contributed by atoms with Crippen molar-refractivity contribution in [1.82, 2.24) is 25.8 Å². The smallest absolute Gasteiger partial charge is 0.237 e. The molecule has 3 N–H and O–H groups in total. The van der Waals surface area contributed by atoms with Crippen LogP contribution < -0.4 is 16.0 Å². The zero-order valence-electron chi connectivity index (χ0n) is 23.4. The molecule has 214 valence electrons. The van der Waals surface area contributed by atoms with Crippen molar-refractivity contribution in [2.75, 3.05) is 71.5 Å². The maximum Gasteiger partial charge on any atom is 0.237 e. The first kappa shape index (κ1) is 30.4. The Bertz CT molecular complexity index is 1200. The maximum absolute atomic E-state index is 12.2. The fourth-order valence-electron chi connectivity index (χ4n) is 4.32. The van der Waals surface area contributed by atoms with Gasteiger partial charge in [-0.3, -0.25) is 14.8 Å². The van der Waals surface area contributed by atoms with Crippen LogP contribution in [0.2, 0.25) is 0 Å². The van der Waals surface area contributed by atoms with E-state index in [1.165, 1.54) is 0 Å². The van der Waals surface area contributed by atoms with Crippen LogP contribution in [0.1, 0.15) is 20.3 Å². The van der Waals surface area contributed by atoms with E-state index in [0.29, 0.717) is 45.8 Å². The number of morpholine rings is 1. The van der Waals surface area contributed by atoms with Gasteiger partial charge in [0.15, 0.2) is 9.84 Å². The highest BCUT2D eigenvalue weighted by Gasteiger charge is 2.23. The minimum Gasteiger partial charge on any atom is -0.374 e. The van der Waals surface area contributed by atoms with Crippen molar-refractivity contribution in [2.24, 2.45) is 9.98 Å². The number of nitrogens with one attached hydrogen (secondary N) is 3. The van der Waals surface area contributed by atoms with Crippen LogP contribution in [0, 0.1) is 0 Å². The van der Waals surface area contributed by atoms with E-state index in [1.807, 2.05) is 26.0 Å². The number of carbonyl (C=O) groups is 1. The average molecular weight is 560 g/mol. The van der Waals surface area contributed by atoms with E-state index in [-0.39, 0.29) is 12.0 Å². The lowest BCUT2D eigenvalue weighted by Crippen LogP contribution is -2.49. The third-order valence-corrected chi connectivity index (χ3v) is 7.32. The number of dihydropyridines is 1. The number of allylic oxidation sites excluding steroid dienone is 4. The van der Waals surface area contributed by atoms with Crippen LogP contribution in [0.5, 0.6) is 0 Å². The quantitative estimate of drug-likeness (QED) is 0.202. The summed E-state index contributed by atoms with van der Waals surface area (Å²) >= 11 is 0. The van der Waals surface area contributed by atoms with Gasteiger partial charge in [0.2, 0.25) is 5.91 Å². The number of sulfone groups is 1. The summed E-state index contributed by atoms with van der Waals surface area (Å²) in [4.78, 5) is 24.5. The summed E-state index contributed by atoms with van der Waals surface area (Å²) in [5, 5.41) is 10.3.